The summed E-state index contributed by atoms with van der Waals surface area (Å²) in [5.41, 5.74) is 0.890. The standard InChI is InChI=1S/C16H14F3N3O/c17-16(18,19)15(23)14-2-1-7-22(14)11-3-4-12-10(8-11)5-6-21-13(12)9-20/h3-6,8,14-15,23H,1-2,7H2/t14-,15-/m0/s1. The second-order valence-corrected chi connectivity index (χ2v) is 5.57. The molecule has 0 radical (unpaired) electrons. The number of benzene rings is 1. The Balaban J connectivity index is 1.98. The summed E-state index contributed by atoms with van der Waals surface area (Å²) in [6.45, 7) is 0.458. The van der Waals surface area contributed by atoms with Gasteiger partial charge in [0.2, 0.25) is 0 Å². The van der Waals surface area contributed by atoms with E-state index in [1.165, 1.54) is 6.20 Å². The van der Waals surface area contributed by atoms with Gasteiger partial charge in [0.25, 0.3) is 0 Å². The maximum absolute atomic E-state index is 12.8. The largest absolute Gasteiger partial charge is 0.416 e. The third kappa shape index (κ3) is 2.82. The van der Waals surface area contributed by atoms with E-state index in [9.17, 15) is 18.3 Å². The Morgan fingerprint density at radius 3 is 2.83 bits per heavy atom. The number of pyridine rings is 1. The van der Waals surface area contributed by atoms with Crippen LogP contribution >= 0.6 is 0 Å². The SMILES string of the molecule is N#Cc1nccc2cc(N3CCC[C@H]3[C@H](O)C(F)(F)F)ccc12. The minimum absolute atomic E-state index is 0.280. The van der Waals surface area contributed by atoms with Crippen molar-refractivity contribution < 1.29 is 18.3 Å². The molecule has 1 saturated heterocycles. The van der Waals surface area contributed by atoms with Crippen LogP contribution in [0.1, 0.15) is 18.5 Å². The van der Waals surface area contributed by atoms with E-state index in [1.54, 1.807) is 29.2 Å². The number of halogens is 3. The Morgan fingerprint density at radius 2 is 2.13 bits per heavy atom. The van der Waals surface area contributed by atoms with Gasteiger partial charge < -0.3 is 10.0 Å². The highest BCUT2D eigenvalue weighted by atomic mass is 19.4. The van der Waals surface area contributed by atoms with Gasteiger partial charge in [0, 0.05) is 23.8 Å². The topological polar surface area (TPSA) is 60.2 Å². The molecule has 1 aliphatic heterocycles. The van der Waals surface area contributed by atoms with Crippen LogP contribution < -0.4 is 4.90 Å². The molecule has 1 N–H and O–H groups in total. The minimum atomic E-state index is -4.64. The molecule has 7 heteroatoms. The number of hydrogen-bond acceptors (Lipinski definition) is 4. The molecule has 1 aromatic heterocycles. The molecule has 0 saturated carbocycles. The number of alkyl halides is 3. The van der Waals surface area contributed by atoms with Crippen LogP contribution in [0.25, 0.3) is 10.8 Å². The third-order valence-electron chi connectivity index (χ3n) is 4.18. The van der Waals surface area contributed by atoms with Gasteiger partial charge in [0.15, 0.2) is 6.10 Å². The van der Waals surface area contributed by atoms with Crippen LogP contribution in [-0.2, 0) is 0 Å². The predicted molar refractivity (Wildman–Crippen MR) is 78.9 cm³/mol. The van der Waals surface area contributed by atoms with Crippen molar-refractivity contribution in [3.63, 3.8) is 0 Å². The molecule has 3 rings (SSSR count). The number of aliphatic hydroxyl groups excluding tert-OH is 1. The third-order valence-corrected chi connectivity index (χ3v) is 4.18. The van der Waals surface area contributed by atoms with Crippen molar-refractivity contribution in [2.45, 2.75) is 31.2 Å². The molecule has 2 aromatic rings. The maximum atomic E-state index is 12.8. The van der Waals surface area contributed by atoms with Gasteiger partial charge in [-0.1, -0.05) is 0 Å². The lowest BCUT2D eigenvalue weighted by Gasteiger charge is -2.31. The lowest BCUT2D eigenvalue weighted by atomic mass is 10.1. The normalized spacial score (nSPS) is 19.8. The van der Waals surface area contributed by atoms with Crippen LogP contribution in [0.15, 0.2) is 30.5 Å². The van der Waals surface area contributed by atoms with Crippen molar-refractivity contribution in [3.05, 3.63) is 36.2 Å². The molecule has 23 heavy (non-hydrogen) atoms. The molecular weight excluding hydrogens is 307 g/mol. The molecule has 0 unspecified atom stereocenters. The van der Waals surface area contributed by atoms with Crippen LogP contribution in [0.2, 0.25) is 0 Å². The second kappa shape index (κ2) is 5.70. The van der Waals surface area contributed by atoms with Gasteiger partial charge in [0.05, 0.1) is 6.04 Å². The van der Waals surface area contributed by atoms with Gasteiger partial charge in [0.1, 0.15) is 11.8 Å². The summed E-state index contributed by atoms with van der Waals surface area (Å²) in [6, 6.07) is 7.82. The smallest absolute Gasteiger partial charge is 0.382 e. The van der Waals surface area contributed by atoms with Crippen LogP contribution in [0.4, 0.5) is 18.9 Å². The molecule has 2 heterocycles. The molecule has 0 bridgehead atoms. The quantitative estimate of drug-likeness (QED) is 0.924. The minimum Gasteiger partial charge on any atom is -0.382 e. The fourth-order valence-corrected chi connectivity index (χ4v) is 3.09. The van der Waals surface area contributed by atoms with Crippen LogP contribution in [0.5, 0.6) is 0 Å². The molecule has 1 aliphatic rings. The van der Waals surface area contributed by atoms with Crippen molar-refractivity contribution >= 4 is 16.5 Å². The summed E-state index contributed by atoms with van der Waals surface area (Å²) < 4.78 is 38.5. The summed E-state index contributed by atoms with van der Waals surface area (Å²) in [5, 5.41) is 20.0. The molecule has 0 amide bonds. The summed E-state index contributed by atoms with van der Waals surface area (Å²) in [5.74, 6) is 0. The molecule has 0 spiro atoms. The summed E-state index contributed by atoms with van der Waals surface area (Å²) >= 11 is 0. The molecule has 2 atom stereocenters. The van der Waals surface area contributed by atoms with Gasteiger partial charge in [-0.3, -0.25) is 0 Å². The summed E-state index contributed by atoms with van der Waals surface area (Å²) in [4.78, 5) is 5.55. The van der Waals surface area contributed by atoms with Crippen molar-refractivity contribution in [1.29, 1.82) is 5.26 Å². The maximum Gasteiger partial charge on any atom is 0.416 e. The number of nitrogens with zero attached hydrogens (tertiary/aromatic N) is 3. The monoisotopic (exact) mass is 321 g/mol. The van der Waals surface area contributed by atoms with Crippen LogP contribution in [0, 0.1) is 11.3 Å². The first-order chi connectivity index (χ1) is 10.9. The number of hydrogen-bond donors (Lipinski definition) is 1. The van der Waals surface area contributed by atoms with Crippen molar-refractivity contribution in [1.82, 2.24) is 4.98 Å². The first-order valence-corrected chi connectivity index (χ1v) is 7.22. The van der Waals surface area contributed by atoms with Gasteiger partial charge >= 0.3 is 6.18 Å². The summed E-state index contributed by atoms with van der Waals surface area (Å²) in [7, 11) is 0. The first kappa shape index (κ1) is 15.6. The Bertz CT molecular complexity index is 769. The van der Waals surface area contributed by atoms with E-state index in [-0.39, 0.29) is 5.69 Å². The number of aliphatic hydroxyl groups is 1. The predicted octanol–water partition coefficient (Wildman–Crippen LogP) is 3.00. The average Bonchev–Trinajstić information content (AvgIpc) is 3.01. The Morgan fingerprint density at radius 1 is 1.35 bits per heavy atom. The first-order valence-electron chi connectivity index (χ1n) is 7.22. The number of aromatic nitrogens is 1. The van der Waals surface area contributed by atoms with Crippen LogP contribution in [0.3, 0.4) is 0 Å². The van der Waals surface area contributed by atoms with Gasteiger partial charge in [-0.25, -0.2) is 4.98 Å². The zero-order chi connectivity index (χ0) is 16.6. The van der Waals surface area contributed by atoms with E-state index in [0.717, 1.165) is 5.39 Å². The molecule has 4 nitrogen and oxygen atoms in total. The van der Waals surface area contributed by atoms with E-state index in [1.807, 2.05) is 6.07 Å². The Hall–Kier alpha value is -2.33. The number of anilines is 1. The molecule has 0 aliphatic carbocycles. The van der Waals surface area contributed by atoms with Gasteiger partial charge in [-0.15, -0.1) is 0 Å². The van der Waals surface area contributed by atoms with Gasteiger partial charge in [-0.05, 0) is 42.5 Å². The van der Waals surface area contributed by atoms with Crippen molar-refractivity contribution in [3.8, 4) is 6.07 Å². The molecule has 1 fully saturated rings. The average molecular weight is 321 g/mol. The Kier molecular flexibility index (Phi) is 3.86. The van der Waals surface area contributed by atoms with E-state index >= 15 is 0 Å². The highest BCUT2D eigenvalue weighted by molar-refractivity contribution is 5.89. The zero-order valence-electron chi connectivity index (χ0n) is 12.1. The fourth-order valence-electron chi connectivity index (χ4n) is 3.09. The number of rotatable bonds is 2. The molecule has 1 aromatic carbocycles. The zero-order valence-corrected chi connectivity index (χ0v) is 12.1. The lowest BCUT2D eigenvalue weighted by Crippen LogP contribution is -2.47. The van der Waals surface area contributed by atoms with E-state index in [2.05, 4.69) is 4.98 Å². The molecule has 120 valence electrons. The summed E-state index contributed by atoms with van der Waals surface area (Å²) in [6.07, 6.45) is -4.62. The van der Waals surface area contributed by atoms with E-state index < -0.39 is 18.3 Å². The Labute approximate surface area is 130 Å². The highest BCUT2D eigenvalue weighted by Crippen LogP contribution is 2.35. The van der Waals surface area contributed by atoms with Gasteiger partial charge in [-0.2, -0.15) is 18.4 Å². The molecular formula is C16H14F3N3O. The van der Waals surface area contributed by atoms with E-state index in [0.29, 0.717) is 30.5 Å². The van der Waals surface area contributed by atoms with Crippen LogP contribution in [-0.4, -0.2) is 35.0 Å². The highest BCUT2D eigenvalue weighted by Gasteiger charge is 2.47. The number of nitriles is 1. The number of fused-ring (bicyclic) bond motifs is 1. The second-order valence-electron chi connectivity index (χ2n) is 5.57. The lowest BCUT2D eigenvalue weighted by molar-refractivity contribution is -0.209. The van der Waals surface area contributed by atoms with Crippen molar-refractivity contribution in [2.24, 2.45) is 0 Å². The van der Waals surface area contributed by atoms with Crippen molar-refractivity contribution in [2.75, 3.05) is 11.4 Å². The fraction of sp³-hybridized carbons (Fsp3) is 0.375. The van der Waals surface area contributed by atoms with E-state index in [4.69, 9.17) is 5.26 Å².